The number of nitrogens with one attached hydrogen (secondary N) is 2. The van der Waals surface area contributed by atoms with Crippen LogP contribution in [-0.4, -0.2) is 58.1 Å². The largest absolute Gasteiger partial charge is 0.382 e. The number of unbranched alkanes of at least 4 members (excludes halogenated alkanes) is 1. The van der Waals surface area contributed by atoms with Crippen LogP contribution in [0.25, 0.3) is 0 Å². The number of aliphatic imine (C=N–C) groups is 1. The van der Waals surface area contributed by atoms with E-state index < -0.39 is 10.0 Å². The third kappa shape index (κ3) is 7.95. The van der Waals surface area contributed by atoms with E-state index in [2.05, 4.69) is 15.6 Å². The fraction of sp³-hybridized carbons (Fsp3) is 0.667. The average Bonchev–Trinajstić information content (AvgIpc) is 2.75. The van der Waals surface area contributed by atoms with Gasteiger partial charge in [0, 0.05) is 39.4 Å². The summed E-state index contributed by atoms with van der Waals surface area (Å²) in [5.41, 5.74) is 0.983. The summed E-state index contributed by atoms with van der Waals surface area (Å²) in [6.45, 7) is 8.96. The van der Waals surface area contributed by atoms with Gasteiger partial charge in [-0.25, -0.2) is 13.4 Å². The van der Waals surface area contributed by atoms with Crippen LogP contribution in [0.15, 0.2) is 34.2 Å². The van der Waals surface area contributed by atoms with Crippen LogP contribution in [0.1, 0.15) is 51.5 Å². The summed E-state index contributed by atoms with van der Waals surface area (Å²) in [5, 5.41) is 6.57. The molecule has 1 aliphatic heterocycles. The first kappa shape index (κ1) is 23.6. The standard InChI is InChI=1S/C21H36N4O3S/c1-3-22-21(23-14-6-9-17-28-4-2)24-18-19-10-12-20(13-11-19)29(26,27)25-15-7-5-8-16-25/h10-13H,3-9,14-18H2,1-2H3,(H2,22,23,24). The second kappa shape index (κ2) is 12.8. The van der Waals surface area contributed by atoms with Crippen LogP contribution in [0.3, 0.4) is 0 Å². The summed E-state index contributed by atoms with van der Waals surface area (Å²) in [5.74, 6) is 0.772. The maximum Gasteiger partial charge on any atom is 0.243 e. The lowest BCUT2D eigenvalue weighted by molar-refractivity contribution is 0.143. The Bertz CT molecular complexity index is 714. The van der Waals surface area contributed by atoms with Crippen molar-refractivity contribution in [2.24, 2.45) is 4.99 Å². The Hall–Kier alpha value is -1.64. The summed E-state index contributed by atoms with van der Waals surface area (Å²) in [7, 11) is -3.38. The van der Waals surface area contributed by atoms with E-state index >= 15 is 0 Å². The predicted molar refractivity (Wildman–Crippen MR) is 118 cm³/mol. The number of benzene rings is 1. The van der Waals surface area contributed by atoms with Gasteiger partial charge >= 0.3 is 0 Å². The van der Waals surface area contributed by atoms with Crippen LogP contribution >= 0.6 is 0 Å². The van der Waals surface area contributed by atoms with Gasteiger partial charge < -0.3 is 15.4 Å². The Balaban J connectivity index is 1.89. The molecule has 2 N–H and O–H groups in total. The molecular weight excluding hydrogens is 388 g/mol. The molecule has 1 saturated heterocycles. The normalized spacial score (nSPS) is 16.0. The van der Waals surface area contributed by atoms with Crippen LogP contribution < -0.4 is 10.6 Å². The topological polar surface area (TPSA) is 83.0 Å². The summed E-state index contributed by atoms with van der Waals surface area (Å²) >= 11 is 0. The van der Waals surface area contributed by atoms with Crippen molar-refractivity contribution in [2.75, 3.05) is 39.4 Å². The van der Waals surface area contributed by atoms with Crippen LogP contribution in [0.2, 0.25) is 0 Å². The molecule has 0 amide bonds. The highest BCUT2D eigenvalue weighted by Crippen LogP contribution is 2.21. The zero-order chi connectivity index (χ0) is 21.0. The average molecular weight is 425 g/mol. The van der Waals surface area contributed by atoms with Crippen molar-refractivity contribution in [3.8, 4) is 0 Å². The number of rotatable bonds is 11. The Morgan fingerprint density at radius 3 is 2.45 bits per heavy atom. The second-order valence-corrected chi connectivity index (χ2v) is 9.07. The lowest BCUT2D eigenvalue weighted by Crippen LogP contribution is -2.37. The molecule has 8 heteroatoms. The molecule has 1 heterocycles. The first-order valence-electron chi connectivity index (χ1n) is 10.8. The molecule has 2 rings (SSSR count). The van der Waals surface area contributed by atoms with E-state index in [1.807, 2.05) is 26.0 Å². The number of piperidine rings is 1. The molecule has 1 aliphatic rings. The van der Waals surface area contributed by atoms with Crippen molar-refractivity contribution in [2.45, 2.75) is 57.4 Å². The van der Waals surface area contributed by atoms with E-state index in [4.69, 9.17) is 4.74 Å². The quantitative estimate of drug-likeness (QED) is 0.324. The Kier molecular flexibility index (Phi) is 10.5. The van der Waals surface area contributed by atoms with Gasteiger partial charge in [-0.15, -0.1) is 0 Å². The minimum Gasteiger partial charge on any atom is -0.382 e. The molecular formula is C21H36N4O3S. The summed E-state index contributed by atoms with van der Waals surface area (Å²) in [4.78, 5) is 4.97. The minimum atomic E-state index is -3.38. The molecule has 0 aliphatic carbocycles. The molecule has 0 atom stereocenters. The minimum absolute atomic E-state index is 0.367. The monoisotopic (exact) mass is 424 g/mol. The van der Waals surface area contributed by atoms with Gasteiger partial charge in [-0.2, -0.15) is 4.31 Å². The van der Waals surface area contributed by atoms with Gasteiger partial charge in [-0.05, 0) is 57.2 Å². The highest BCUT2D eigenvalue weighted by molar-refractivity contribution is 7.89. The maximum absolute atomic E-state index is 12.7. The van der Waals surface area contributed by atoms with Crippen molar-refractivity contribution in [3.63, 3.8) is 0 Å². The third-order valence-electron chi connectivity index (χ3n) is 4.85. The van der Waals surface area contributed by atoms with Gasteiger partial charge in [-0.1, -0.05) is 18.6 Å². The SMILES string of the molecule is CCNC(=NCc1ccc(S(=O)(=O)N2CCCCC2)cc1)NCCCCOCC. The second-order valence-electron chi connectivity index (χ2n) is 7.13. The van der Waals surface area contributed by atoms with Crippen molar-refractivity contribution >= 4 is 16.0 Å². The Labute approximate surface area is 176 Å². The zero-order valence-corrected chi connectivity index (χ0v) is 18.6. The third-order valence-corrected chi connectivity index (χ3v) is 6.77. The van der Waals surface area contributed by atoms with Crippen LogP contribution in [0.4, 0.5) is 0 Å². The van der Waals surface area contributed by atoms with E-state index in [0.717, 1.165) is 69.9 Å². The number of hydrogen-bond acceptors (Lipinski definition) is 4. The molecule has 1 fully saturated rings. The lowest BCUT2D eigenvalue weighted by Gasteiger charge is -2.25. The number of ether oxygens (including phenoxy) is 1. The molecule has 0 unspecified atom stereocenters. The lowest BCUT2D eigenvalue weighted by atomic mass is 10.2. The van der Waals surface area contributed by atoms with Gasteiger partial charge in [0.15, 0.2) is 5.96 Å². The van der Waals surface area contributed by atoms with E-state index in [9.17, 15) is 8.42 Å². The van der Waals surface area contributed by atoms with Gasteiger partial charge in [0.05, 0.1) is 11.4 Å². The molecule has 0 saturated carbocycles. The zero-order valence-electron chi connectivity index (χ0n) is 17.8. The van der Waals surface area contributed by atoms with Gasteiger partial charge in [-0.3, -0.25) is 0 Å². The van der Waals surface area contributed by atoms with Gasteiger partial charge in [0.2, 0.25) is 10.0 Å². The van der Waals surface area contributed by atoms with E-state index in [1.54, 1.807) is 16.4 Å². The smallest absolute Gasteiger partial charge is 0.243 e. The fourth-order valence-electron chi connectivity index (χ4n) is 3.21. The summed E-state index contributed by atoms with van der Waals surface area (Å²) < 4.78 is 32.4. The van der Waals surface area contributed by atoms with Crippen LogP contribution in [0, 0.1) is 0 Å². The molecule has 1 aromatic carbocycles. The highest BCUT2D eigenvalue weighted by Gasteiger charge is 2.25. The first-order chi connectivity index (χ1) is 14.1. The predicted octanol–water partition coefficient (Wildman–Crippen LogP) is 2.73. The van der Waals surface area contributed by atoms with Crippen molar-refractivity contribution in [3.05, 3.63) is 29.8 Å². The van der Waals surface area contributed by atoms with Gasteiger partial charge in [0.1, 0.15) is 0 Å². The molecule has 164 valence electrons. The van der Waals surface area contributed by atoms with Crippen LogP contribution in [-0.2, 0) is 21.3 Å². The number of sulfonamides is 1. The van der Waals surface area contributed by atoms with E-state index in [-0.39, 0.29) is 0 Å². The Morgan fingerprint density at radius 2 is 1.79 bits per heavy atom. The fourth-order valence-corrected chi connectivity index (χ4v) is 4.73. The highest BCUT2D eigenvalue weighted by atomic mass is 32.2. The summed E-state index contributed by atoms with van der Waals surface area (Å²) in [6, 6.07) is 7.10. The molecule has 0 bridgehead atoms. The van der Waals surface area contributed by atoms with Crippen molar-refractivity contribution < 1.29 is 13.2 Å². The van der Waals surface area contributed by atoms with E-state index in [1.165, 1.54) is 0 Å². The molecule has 0 spiro atoms. The summed E-state index contributed by atoms with van der Waals surface area (Å²) in [6.07, 6.45) is 5.04. The van der Waals surface area contributed by atoms with Crippen molar-refractivity contribution in [1.29, 1.82) is 0 Å². The van der Waals surface area contributed by atoms with E-state index in [0.29, 0.717) is 24.5 Å². The van der Waals surface area contributed by atoms with Gasteiger partial charge in [0.25, 0.3) is 0 Å². The maximum atomic E-state index is 12.7. The molecule has 0 aromatic heterocycles. The number of guanidine groups is 1. The Morgan fingerprint density at radius 1 is 1.07 bits per heavy atom. The number of nitrogens with zero attached hydrogens (tertiary/aromatic N) is 2. The van der Waals surface area contributed by atoms with Crippen LogP contribution in [0.5, 0.6) is 0 Å². The molecule has 0 radical (unpaired) electrons. The molecule has 1 aromatic rings. The van der Waals surface area contributed by atoms with Crippen molar-refractivity contribution in [1.82, 2.24) is 14.9 Å². The molecule has 7 nitrogen and oxygen atoms in total. The molecule has 29 heavy (non-hydrogen) atoms. The first-order valence-corrected chi connectivity index (χ1v) is 12.2. The number of hydrogen-bond donors (Lipinski definition) is 2.